The van der Waals surface area contributed by atoms with Gasteiger partial charge in [0, 0.05) is 17.1 Å². The maximum Gasteiger partial charge on any atom is 0.149 e. The van der Waals surface area contributed by atoms with Crippen LogP contribution < -0.4 is 11.1 Å². The molecule has 3 N–H and O–H groups in total. The zero-order valence-corrected chi connectivity index (χ0v) is 9.52. The van der Waals surface area contributed by atoms with Crippen LogP contribution in [0.1, 0.15) is 30.1 Å². The molecule has 1 saturated heterocycles. The lowest BCUT2D eigenvalue weighted by Gasteiger charge is -2.24. The van der Waals surface area contributed by atoms with Crippen LogP contribution in [-0.4, -0.2) is 22.9 Å². The molecular formula is C10H16N4S. The number of rotatable bonds is 1. The Morgan fingerprint density at radius 2 is 2.13 bits per heavy atom. The topological polar surface area (TPSA) is 55.9 Å². The fourth-order valence-corrected chi connectivity index (χ4v) is 3.56. The van der Waals surface area contributed by atoms with Crippen LogP contribution in [0.25, 0.3) is 0 Å². The molecule has 0 radical (unpaired) electrons. The first kappa shape index (κ1) is 9.54. The Hall–Kier alpha value is -0.680. The standard InChI is InChI=1S/C10H16N4S/c11-10-8-5-15-6-9(8)14(13-10)7-1-3-12-4-2-7/h7,12H,1-6H2,(H2,11,13). The second kappa shape index (κ2) is 3.72. The summed E-state index contributed by atoms with van der Waals surface area (Å²) in [5.74, 6) is 2.89. The van der Waals surface area contributed by atoms with Gasteiger partial charge in [-0.3, -0.25) is 4.68 Å². The van der Waals surface area contributed by atoms with E-state index in [2.05, 4.69) is 15.1 Å². The summed E-state index contributed by atoms with van der Waals surface area (Å²) in [5.41, 5.74) is 8.61. The third-order valence-electron chi connectivity index (χ3n) is 3.29. The summed E-state index contributed by atoms with van der Waals surface area (Å²) < 4.78 is 2.20. The molecule has 0 atom stereocenters. The number of piperidine rings is 1. The summed E-state index contributed by atoms with van der Waals surface area (Å²) in [6.07, 6.45) is 2.36. The van der Waals surface area contributed by atoms with Gasteiger partial charge in [-0.05, 0) is 25.9 Å². The molecule has 5 heteroatoms. The summed E-state index contributed by atoms with van der Waals surface area (Å²) in [6, 6.07) is 0.566. The highest BCUT2D eigenvalue weighted by Gasteiger charge is 2.26. The highest BCUT2D eigenvalue weighted by Crippen LogP contribution is 2.36. The minimum absolute atomic E-state index is 0.566. The monoisotopic (exact) mass is 224 g/mol. The molecule has 1 aromatic rings. The number of nitrogen functional groups attached to an aromatic ring is 1. The normalized spacial score (nSPS) is 21.9. The summed E-state index contributed by atoms with van der Waals surface area (Å²) >= 11 is 1.95. The van der Waals surface area contributed by atoms with Crippen LogP contribution in [0.15, 0.2) is 0 Å². The molecular weight excluding hydrogens is 208 g/mol. The number of nitrogens with zero attached hydrogens (tertiary/aromatic N) is 2. The van der Waals surface area contributed by atoms with Gasteiger partial charge >= 0.3 is 0 Å². The van der Waals surface area contributed by atoms with Crippen LogP contribution >= 0.6 is 11.8 Å². The summed E-state index contributed by atoms with van der Waals surface area (Å²) in [6.45, 7) is 2.21. The summed E-state index contributed by atoms with van der Waals surface area (Å²) in [5, 5.41) is 7.89. The molecule has 15 heavy (non-hydrogen) atoms. The number of hydrogen-bond donors (Lipinski definition) is 2. The molecule has 4 nitrogen and oxygen atoms in total. The van der Waals surface area contributed by atoms with Crippen molar-refractivity contribution >= 4 is 17.6 Å². The Labute approximate surface area is 93.6 Å². The summed E-state index contributed by atoms with van der Waals surface area (Å²) in [4.78, 5) is 0. The Balaban J connectivity index is 1.93. The molecule has 2 aliphatic heterocycles. The molecule has 3 rings (SSSR count). The average Bonchev–Trinajstić information content (AvgIpc) is 2.84. The molecule has 1 aromatic heterocycles. The van der Waals surface area contributed by atoms with Crippen molar-refractivity contribution in [2.24, 2.45) is 0 Å². The van der Waals surface area contributed by atoms with E-state index in [1.165, 1.54) is 24.1 Å². The third kappa shape index (κ3) is 1.54. The smallest absolute Gasteiger partial charge is 0.149 e. The minimum atomic E-state index is 0.566. The van der Waals surface area contributed by atoms with Crippen LogP contribution in [0.2, 0.25) is 0 Å². The van der Waals surface area contributed by atoms with Gasteiger partial charge in [0.15, 0.2) is 0 Å². The number of fused-ring (bicyclic) bond motifs is 1. The van der Waals surface area contributed by atoms with E-state index in [1.54, 1.807) is 0 Å². The molecule has 0 amide bonds. The van der Waals surface area contributed by atoms with E-state index in [9.17, 15) is 0 Å². The Kier molecular flexibility index (Phi) is 2.36. The Morgan fingerprint density at radius 3 is 2.93 bits per heavy atom. The molecule has 1 fully saturated rings. The van der Waals surface area contributed by atoms with Crippen molar-refractivity contribution in [1.29, 1.82) is 0 Å². The molecule has 0 aliphatic carbocycles. The predicted octanol–water partition coefficient (Wildman–Crippen LogP) is 1.14. The van der Waals surface area contributed by atoms with Crippen molar-refractivity contribution < 1.29 is 0 Å². The number of aromatic nitrogens is 2. The lowest BCUT2D eigenvalue weighted by Crippen LogP contribution is -2.30. The number of hydrogen-bond acceptors (Lipinski definition) is 4. The lowest BCUT2D eigenvalue weighted by atomic mass is 10.1. The third-order valence-corrected chi connectivity index (χ3v) is 4.26. The fourth-order valence-electron chi connectivity index (χ4n) is 2.44. The predicted molar refractivity (Wildman–Crippen MR) is 62.8 cm³/mol. The zero-order chi connectivity index (χ0) is 10.3. The van der Waals surface area contributed by atoms with E-state index in [0.717, 1.165) is 30.4 Å². The Morgan fingerprint density at radius 1 is 1.33 bits per heavy atom. The van der Waals surface area contributed by atoms with Gasteiger partial charge in [-0.15, -0.1) is 0 Å². The van der Waals surface area contributed by atoms with Crippen LogP contribution in [0.3, 0.4) is 0 Å². The number of thioether (sulfide) groups is 1. The number of anilines is 1. The van der Waals surface area contributed by atoms with Crippen molar-refractivity contribution in [1.82, 2.24) is 15.1 Å². The van der Waals surface area contributed by atoms with E-state index in [-0.39, 0.29) is 0 Å². The van der Waals surface area contributed by atoms with Crippen molar-refractivity contribution in [3.05, 3.63) is 11.3 Å². The lowest BCUT2D eigenvalue weighted by molar-refractivity contribution is 0.338. The zero-order valence-electron chi connectivity index (χ0n) is 8.70. The van der Waals surface area contributed by atoms with Crippen molar-refractivity contribution in [3.63, 3.8) is 0 Å². The van der Waals surface area contributed by atoms with E-state index in [4.69, 9.17) is 5.73 Å². The van der Waals surface area contributed by atoms with Gasteiger partial charge in [0.1, 0.15) is 5.82 Å². The van der Waals surface area contributed by atoms with Gasteiger partial charge in [0.2, 0.25) is 0 Å². The van der Waals surface area contributed by atoms with Gasteiger partial charge < -0.3 is 11.1 Å². The SMILES string of the molecule is Nc1nn(C2CCNCC2)c2c1CSC2. The molecule has 0 bridgehead atoms. The quantitative estimate of drug-likeness (QED) is 0.751. The maximum absolute atomic E-state index is 5.94. The van der Waals surface area contributed by atoms with Crippen molar-refractivity contribution in [3.8, 4) is 0 Å². The van der Waals surface area contributed by atoms with Gasteiger partial charge in [0.25, 0.3) is 0 Å². The van der Waals surface area contributed by atoms with Crippen LogP contribution in [0.4, 0.5) is 5.82 Å². The first-order valence-corrected chi connectivity index (χ1v) is 6.66. The minimum Gasteiger partial charge on any atom is -0.382 e. The molecule has 0 saturated carbocycles. The van der Waals surface area contributed by atoms with Gasteiger partial charge in [-0.25, -0.2) is 0 Å². The molecule has 0 spiro atoms. The maximum atomic E-state index is 5.94. The van der Waals surface area contributed by atoms with Crippen molar-refractivity contribution in [2.75, 3.05) is 18.8 Å². The molecule has 2 aliphatic rings. The van der Waals surface area contributed by atoms with Gasteiger partial charge in [0.05, 0.1) is 11.7 Å². The van der Waals surface area contributed by atoms with E-state index >= 15 is 0 Å². The van der Waals surface area contributed by atoms with Crippen LogP contribution in [0.5, 0.6) is 0 Å². The highest BCUT2D eigenvalue weighted by atomic mass is 32.2. The van der Waals surface area contributed by atoms with Crippen LogP contribution in [0, 0.1) is 0 Å². The molecule has 3 heterocycles. The molecule has 0 aromatic carbocycles. The highest BCUT2D eigenvalue weighted by molar-refractivity contribution is 7.98. The van der Waals surface area contributed by atoms with E-state index < -0.39 is 0 Å². The largest absolute Gasteiger partial charge is 0.382 e. The second-order valence-corrected chi connectivity index (χ2v) is 5.21. The van der Waals surface area contributed by atoms with E-state index in [1.807, 2.05) is 11.8 Å². The average molecular weight is 224 g/mol. The fraction of sp³-hybridized carbons (Fsp3) is 0.700. The first-order chi connectivity index (χ1) is 7.36. The van der Waals surface area contributed by atoms with Crippen molar-refractivity contribution in [2.45, 2.75) is 30.4 Å². The number of nitrogens with two attached hydrogens (primary N) is 1. The molecule has 0 unspecified atom stereocenters. The van der Waals surface area contributed by atoms with Gasteiger partial charge in [-0.2, -0.15) is 16.9 Å². The van der Waals surface area contributed by atoms with Gasteiger partial charge in [-0.1, -0.05) is 0 Å². The second-order valence-electron chi connectivity index (χ2n) is 4.23. The molecule has 82 valence electrons. The van der Waals surface area contributed by atoms with E-state index in [0.29, 0.717) is 6.04 Å². The first-order valence-electron chi connectivity index (χ1n) is 5.50. The number of nitrogens with one attached hydrogen (secondary N) is 1. The summed E-state index contributed by atoms with van der Waals surface area (Å²) in [7, 11) is 0. The van der Waals surface area contributed by atoms with Crippen LogP contribution in [-0.2, 0) is 11.5 Å². The Bertz CT molecular complexity index is 368.